The molecule has 0 atom stereocenters. The van der Waals surface area contributed by atoms with Gasteiger partial charge in [0.15, 0.2) is 0 Å². The molecule has 2 rings (SSSR count). The molecule has 1 saturated heterocycles. The predicted octanol–water partition coefficient (Wildman–Crippen LogP) is 0.169. The van der Waals surface area contributed by atoms with Crippen molar-refractivity contribution in [3.8, 4) is 0 Å². The van der Waals surface area contributed by atoms with Crippen molar-refractivity contribution in [1.82, 2.24) is 14.5 Å². The minimum atomic E-state index is -0.795. The molecule has 110 valence electrons. The van der Waals surface area contributed by atoms with Crippen LogP contribution in [0, 0.1) is 5.41 Å². The number of carbonyl (C=O) groups excluding carboxylic acids is 1. The third-order valence-electron chi connectivity index (χ3n) is 3.91. The van der Waals surface area contributed by atoms with Gasteiger partial charge in [0.05, 0.1) is 11.7 Å². The van der Waals surface area contributed by atoms with Gasteiger partial charge in [-0.25, -0.2) is 4.98 Å². The van der Waals surface area contributed by atoms with E-state index in [9.17, 15) is 14.7 Å². The van der Waals surface area contributed by atoms with Gasteiger partial charge in [0.25, 0.3) is 5.91 Å². The number of aliphatic carboxylic acids is 1. The zero-order valence-corrected chi connectivity index (χ0v) is 11.6. The molecule has 0 unspecified atom stereocenters. The molecule has 1 fully saturated rings. The summed E-state index contributed by atoms with van der Waals surface area (Å²) in [4.78, 5) is 29.2. The summed E-state index contributed by atoms with van der Waals surface area (Å²) < 4.78 is 1.78. The molecule has 20 heavy (non-hydrogen) atoms. The lowest BCUT2D eigenvalue weighted by Crippen LogP contribution is -2.45. The van der Waals surface area contributed by atoms with Gasteiger partial charge in [-0.05, 0) is 19.8 Å². The standard InChI is InChI=1S/C13H20N4O3/c1-13(12(19)20)2-5-17(6-3-13)11(18)10-8-16(7-4-14)9-15-10/h8-9H,2-7,14H2,1H3,(H,19,20). The fraction of sp³-hybridized carbons (Fsp3) is 0.615. The van der Waals surface area contributed by atoms with Crippen LogP contribution < -0.4 is 5.73 Å². The van der Waals surface area contributed by atoms with E-state index < -0.39 is 11.4 Å². The Balaban J connectivity index is 1.99. The van der Waals surface area contributed by atoms with E-state index in [0.29, 0.717) is 44.7 Å². The zero-order chi connectivity index (χ0) is 14.8. The third kappa shape index (κ3) is 2.82. The number of carboxylic acids is 1. The topological polar surface area (TPSA) is 101 Å². The van der Waals surface area contributed by atoms with E-state index in [1.54, 1.807) is 28.9 Å². The summed E-state index contributed by atoms with van der Waals surface area (Å²) in [5.41, 5.74) is 5.11. The maximum Gasteiger partial charge on any atom is 0.309 e. The summed E-state index contributed by atoms with van der Waals surface area (Å²) in [6, 6.07) is 0. The number of nitrogens with two attached hydrogens (primary N) is 1. The van der Waals surface area contributed by atoms with Gasteiger partial charge in [-0.2, -0.15) is 0 Å². The summed E-state index contributed by atoms with van der Waals surface area (Å²) >= 11 is 0. The average molecular weight is 280 g/mol. The molecule has 3 N–H and O–H groups in total. The summed E-state index contributed by atoms with van der Waals surface area (Å²) in [6.07, 6.45) is 4.21. The summed E-state index contributed by atoms with van der Waals surface area (Å²) in [6.45, 7) is 3.74. The van der Waals surface area contributed by atoms with E-state index in [0.717, 1.165) is 0 Å². The highest BCUT2D eigenvalue weighted by atomic mass is 16.4. The zero-order valence-electron chi connectivity index (χ0n) is 11.6. The van der Waals surface area contributed by atoms with Crippen LogP contribution in [0.15, 0.2) is 12.5 Å². The molecule has 1 aliphatic heterocycles. The van der Waals surface area contributed by atoms with Crippen LogP contribution in [0.3, 0.4) is 0 Å². The molecule has 2 heterocycles. The molecule has 0 radical (unpaired) electrons. The number of hydrogen-bond donors (Lipinski definition) is 2. The summed E-state index contributed by atoms with van der Waals surface area (Å²) in [5, 5.41) is 9.17. The second kappa shape index (κ2) is 5.62. The molecule has 0 bridgehead atoms. The Morgan fingerprint density at radius 1 is 1.45 bits per heavy atom. The number of carbonyl (C=O) groups is 2. The molecule has 7 heteroatoms. The van der Waals surface area contributed by atoms with Gasteiger partial charge in [0, 0.05) is 32.4 Å². The van der Waals surface area contributed by atoms with Crippen LogP contribution in [-0.2, 0) is 11.3 Å². The Bertz CT molecular complexity index is 503. The van der Waals surface area contributed by atoms with E-state index in [1.807, 2.05) is 0 Å². The summed E-state index contributed by atoms with van der Waals surface area (Å²) in [7, 11) is 0. The first-order valence-electron chi connectivity index (χ1n) is 6.71. The maximum atomic E-state index is 12.3. The first-order valence-corrected chi connectivity index (χ1v) is 6.71. The van der Waals surface area contributed by atoms with Crippen molar-refractivity contribution in [3.05, 3.63) is 18.2 Å². The predicted molar refractivity (Wildman–Crippen MR) is 72.2 cm³/mol. The van der Waals surface area contributed by atoms with Gasteiger partial charge in [0.2, 0.25) is 0 Å². The number of nitrogens with zero attached hydrogens (tertiary/aromatic N) is 3. The molecule has 7 nitrogen and oxygen atoms in total. The largest absolute Gasteiger partial charge is 0.481 e. The van der Waals surface area contributed by atoms with Crippen molar-refractivity contribution in [2.45, 2.75) is 26.3 Å². The maximum absolute atomic E-state index is 12.3. The minimum Gasteiger partial charge on any atom is -0.481 e. The summed E-state index contributed by atoms with van der Waals surface area (Å²) in [5.74, 6) is -0.940. The normalized spacial score (nSPS) is 18.0. The van der Waals surface area contributed by atoms with Crippen LogP contribution in [-0.4, -0.2) is 51.1 Å². The second-order valence-electron chi connectivity index (χ2n) is 5.44. The second-order valence-corrected chi connectivity index (χ2v) is 5.44. The molecule has 1 aromatic rings. The van der Waals surface area contributed by atoms with Gasteiger partial charge in [-0.15, -0.1) is 0 Å². The van der Waals surface area contributed by atoms with E-state index in [4.69, 9.17) is 5.73 Å². The van der Waals surface area contributed by atoms with Gasteiger partial charge in [-0.1, -0.05) is 0 Å². The van der Waals surface area contributed by atoms with Crippen LogP contribution in [0.5, 0.6) is 0 Å². The SMILES string of the molecule is CC1(C(=O)O)CCN(C(=O)c2cn(CCN)cn2)CC1. The fourth-order valence-corrected chi connectivity index (χ4v) is 2.32. The van der Waals surface area contributed by atoms with Gasteiger partial charge >= 0.3 is 5.97 Å². The number of rotatable bonds is 4. The lowest BCUT2D eigenvalue weighted by molar-refractivity contribution is -0.150. The number of hydrogen-bond acceptors (Lipinski definition) is 4. The molecular weight excluding hydrogens is 260 g/mol. The van der Waals surface area contributed by atoms with Crippen LogP contribution in [0.25, 0.3) is 0 Å². The number of piperidine rings is 1. The number of imidazole rings is 1. The van der Waals surface area contributed by atoms with Crippen LogP contribution in [0.1, 0.15) is 30.3 Å². The molecular formula is C13H20N4O3. The molecule has 0 saturated carbocycles. The fourth-order valence-electron chi connectivity index (χ4n) is 2.32. The molecule has 0 aliphatic carbocycles. The lowest BCUT2D eigenvalue weighted by atomic mass is 9.80. The Kier molecular flexibility index (Phi) is 4.08. The van der Waals surface area contributed by atoms with Crippen molar-refractivity contribution in [2.75, 3.05) is 19.6 Å². The highest BCUT2D eigenvalue weighted by molar-refractivity contribution is 5.92. The van der Waals surface area contributed by atoms with Crippen molar-refractivity contribution >= 4 is 11.9 Å². The first-order chi connectivity index (χ1) is 9.46. The quantitative estimate of drug-likeness (QED) is 0.818. The minimum absolute atomic E-state index is 0.145. The number of amides is 1. The van der Waals surface area contributed by atoms with Crippen molar-refractivity contribution in [3.63, 3.8) is 0 Å². The average Bonchev–Trinajstić information content (AvgIpc) is 2.88. The van der Waals surface area contributed by atoms with Crippen LogP contribution in [0.4, 0.5) is 0 Å². The highest BCUT2D eigenvalue weighted by Crippen LogP contribution is 2.31. The van der Waals surface area contributed by atoms with Crippen LogP contribution >= 0.6 is 0 Å². The Labute approximate surface area is 117 Å². The third-order valence-corrected chi connectivity index (χ3v) is 3.91. The Morgan fingerprint density at radius 2 is 2.10 bits per heavy atom. The van der Waals surface area contributed by atoms with E-state index in [1.165, 1.54) is 0 Å². The molecule has 0 spiro atoms. The van der Waals surface area contributed by atoms with Crippen molar-refractivity contribution in [1.29, 1.82) is 0 Å². The van der Waals surface area contributed by atoms with E-state index in [-0.39, 0.29) is 5.91 Å². The molecule has 0 aromatic carbocycles. The van der Waals surface area contributed by atoms with Gasteiger partial charge in [0.1, 0.15) is 5.69 Å². The number of carboxylic acid groups (broad SMARTS) is 1. The van der Waals surface area contributed by atoms with E-state index >= 15 is 0 Å². The molecule has 1 aromatic heterocycles. The van der Waals surface area contributed by atoms with Gasteiger partial charge < -0.3 is 20.3 Å². The number of aromatic nitrogens is 2. The van der Waals surface area contributed by atoms with Crippen molar-refractivity contribution < 1.29 is 14.7 Å². The lowest BCUT2D eigenvalue weighted by Gasteiger charge is -2.36. The molecule has 1 amide bonds. The molecule has 1 aliphatic rings. The number of likely N-dealkylation sites (tertiary alicyclic amines) is 1. The van der Waals surface area contributed by atoms with Crippen molar-refractivity contribution in [2.24, 2.45) is 11.1 Å². The Morgan fingerprint density at radius 3 is 2.65 bits per heavy atom. The van der Waals surface area contributed by atoms with Crippen LogP contribution in [0.2, 0.25) is 0 Å². The highest BCUT2D eigenvalue weighted by Gasteiger charge is 2.38. The van der Waals surface area contributed by atoms with Gasteiger partial charge in [-0.3, -0.25) is 9.59 Å². The van der Waals surface area contributed by atoms with E-state index in [2.05, 4.69) is 4.98 Å². The first kappa shape index (κ1) is 14.5. The monoisotopic (exact) mass is 280 g/mol. The smallest absolute Gasteiger partial charge is 0.309 e. The Hall–Kier alpha value is -1.89.